The van der Waals surface area contributed by atoms with Crippen molar-refractivity contribution in [1.29, 1.82) is 0 Å². The Bertz CT molecular complexity index is 1630. The fourth-order valence-electron chi connectivity index (χ4n) is 4.43. The minimum Gasteiger partial charge on any atom is -0.452 e. The van der Waals surface area contributed by atoms with Crippen molar-refractivity contribution in [3.63, 3.8) is 0 Å². The van der Waals surface area contributed by atoms with Crippen LogP contribution in [-0.2, 0) is 28.8 Å². The molecule has 0 aliphatic carbocycles. The molecule has 9 nitrogen and oxygen atoms in total. The van der Waals surface area contributed by atoms with Gasteiger partial charge >= 0.3 is 17.9 Å². The molecule has 4 atom stereocenters. The molecule has 1 aliphatic heterocycles. The number of hydrogen-bond acceptors (Lipinski definition) is 9. The summed E-state index contributed by atoms with van der Waals surface area (Å²) in [4.78, 5) is 39.4. The van der Waals surface area contributed by atoms with Crippen LogP contribution in [0, 0.1) is 0 Å². The van der Waals surface area contributed by atoms with Crippen molar-refractivity contribution in [2.45, 2.75) is 28.6 Å². The van der Waals surface area contributed by atoms with Crippen molar-refractivity contribution in [2.75, 3.05) is 6.61 Å². The van der Waals surface area contributed by atoms with Crippen LogP contribution in [0.2, 0.25) is 0 Å². The summed E-state index contributed by atoms with van der Waals surface area (Å²) in [6.45, 7) is -0.457. The largest absolute Gasteiger partial charge is 0.452 e. The highest BCUT2D eigenvalue weighted by atomic mass is 32.2. The minimum atomic E-state index is -4.31. The van der Waals surface area contributed by atoms with E-state index in [1.165, 1.54) is 60.7 Å². The molecule has 0 bridgehead atoms. The number of benzene rings is 4. The summed E-state index contributed by atoms with van der Waals surface area (Å²) in [6.07, 6.45) is -4.57. The minimum absolute atomic E-state index is 0.0939. The van der Waals surface area contributed by atoms with Gasteiger partial charge in [0.25, 0.3) is 0 Å². The highest BCUT2D eigenvalue weighted by molar-refractivity contribution is 7.92. The van der Waals surface area contributed by atoms with Gasteiger partial charge in [0.15, 0.2) is 18.3 Å². The molecular formula is C32H26O9S. The first-order valence-corrected chi connectivity index (χ1v) is 14.6. The van der Waals surface area contributed by atoms with Gasteiger partial charge in [-0.2, -0.15) is 0 Å². The molecule has 1 fully saturated rings. The van der Waals surface area contributed by atoms with E-state index in [1.807, 2.05) is 0 Å². The summed E-state index contributed by atoms with van der Waals surface area (Å²) >= 11 is 0. The molecule has 1 heterocycles. The zero-order valence-electron chi connectivity index (χ0n) is 22.1. The van der Waals surface area contributed by atoms with Crippen molar-refractivity contribution in [1.82, 2.24) is 0 Å². The van der Waals surface area contributed by atoms with Crippen LogP contribution >= 0.6 is 0 Å². The van der Waals surface area contributed by atoms with E-state index in [1.54, 1.807) is 60.7 Å². The van der Waals surface area contributed by atoms with Gasteiger partial charge in [0, 0.05) is 0 Å². The molecule has 4 aromatic carbocycles. The summed E-state index contributed by atoms with van der Waals surface area (Å²) in [5.41, 5.74) is -1.28. The molecule has 0 aromatic heterocycles. The number of esters is 3. The molecule has 0 amide bonds. The topological polar surface area (TPSA) is 122 Å². The Labute approximate surface area is 242 Å². The molecule has 10 heteroatoms. The monoisotopic (exact) mass is 586 g/mol. The molecule has 5 rings (SSSR count). The van der Waals surface area contributed by atoms with Crippen LogP contribution in [0.1, 0.15) is 31.1 Å². The van der Waals surface area contributed by atoms with E-state index in [9.17, 15) is 22.8 Å². The van der Waals surface area contributed by atoms with Gasteiger partial charge in [-0.05, 0) is 48.5 Å². The second-order valence-electron chi connectivity index (χ2n) is 9.34. The Kier molecular flexibility index (Phi) is 8.75. The van der Waals surface area contributed by atoms with E-state index in [-0.39, 0.29) is 21.6 Å². The molecule has 0 spiro atoms. The van der Waals surface area contributed by atoms with Crippen molar-refractivity contribution in [3.05, 3.63) is 138 Å². The van der Waals surface area contributed by atoms with Gasteiger partial charge in [0.2, 0.25) is 15.3 Å². The van der Waals surface area contributed by atoms with Crippen molar-refractivity contribution in [3.8, 4) is 0 Å². The fraction of sp³-hybridized carbons (Fsp3) is 0.156. The number of rotatable bonds is 8. The first-order valence-electron chi connectivity index (χ1n) is 13.0. The van der Waals surface area contributed by atoms with E-state index >= 15 is 0 Å². The van der Waals surface area contributed by atoms with Crippen LogP contribution in [0.4, 0.5) is 0 Å². The van der Waals surface area contributed by atoms with Gasteiger partial charge in [-0.15, -0.1) is 0 Å². The van der Waals surface area contributed by atoms with Crippen LogP contribution in [0.25, 0.3) is 0 Å². The first kappa shape index (κ1) is 28.7. The van der Waals surface area contributed by atoms with Gasteiger partial charge < -0.3 is 18.9 Å². The SMILES string of the molecule is O=C(O[C@@H]1[C@@H](OC(=O)c2ccccc2)[C@@H](S(=O)(=O)c2ccccc2)OC[C@H]1OC(=O)c1ccccc1)c1ccccc1. The molecule has 0 unspecified atom stereocenters. The van der Waals surface area contributed by atoms with Crippen LogP contribution in [0.3, 0.4) is 0 Å². The molecule has 1 saturated heterocycles. The Morgan fingerprint density at radius 3 is 1.38 bits per heavy atom. The fourth-order valence-corrected chi connectivity index (χ4v) is 6.06. The average molecular weight is 587 g/mol. The van der Waals surface area contributed by atoms with E-state index in [0.717, 1.165) is 0 Å². The number of ether oxygens (including phenoxy) is 4. The summed E-state index contributed by atoms with van der Waals surface area (Å²) in [7, 11) is -4.31. The maximum Gasteiger partial charge on any atom is 0.338 e. The lowest BCUT2D eigenvalue weighted by Gasteiger charge is -2.40. The number of carbonyl (C=O) groups is 3. The van der Waals surface area contributed by atoms with E-state index in [2.05, 4.69) is 0 Å². The molecule has 4 aromatic rings. The lowest BCUT2D eigenvalue weighted by atomic mass is 10.0. The third-order valence-corrected chi connectivity index (χ3v) is 8.48. The predicted octanol–water partition coefficient (Wildman–Crippen LogP) is 4.49. The molecule has 0 saturated carbocycles. The molecule has 0 radical (unpaired) electrons. The van der Waals surface area contributed by atoms with Gasteiger partial charge in [-0.3, -0.25) is 0 Å². The molecule has 0 N–H and O–H groups in total. The van der Waals surface area contributed by atoms with Crippen molar-refractivity contribution < 1.29 is 41.7 Å². The van der Waals surface area contributed by atoms with Gasteiger partial charge in [0.05, 0.1) is 28.2 Å². The van der Waals surface area contributed by atoms with Crippen LogP contribution in [-0.4, -0.2) is 56.7 Å². The molecule has 214 valence electrons. The predicted molar refractivity (Wildman–Crippen MR) is 150 cm³/mol. The number of hydrogen-bond donors (Lipinski definition) is 0. The Balaban J connectivity index is 1.55. The van der Waals surface area contributed by atoms with Crippen molar-refractivity contribution >= 4 is 27.7 Å². The molecule has 1 aliphatic rings. The van der Waals surface area contributed by atoms with Gasteiger partial charge in [-0.25, -0.2) is 22.8 Å². The van der Waals surface area contributed by atoms with E-state index < -0.39 is 58.1 Å². The maximum absolute atomic E-state index is 13.8. The van der Waals surface area contributed by atoms with E-state index in [0.29, 0.717) is 0 Å². The lowest BCUT2D eigenvalue weighted by Crippen LogP contribution is -2.59. The van der Waals surface area contributed by atoms with E-state index in [4.69, 9.17) is 18.9 Å². The number of carbonyl (C=O) groups excluding carboxylic acids is 3. The highest BCUT2D eigenvalue weighted by Gasteiger charge is 2.53. The van der Waals surface area contributed by atoms with Crippen LogP contribution in [0.15, 0.2) is 126 Å². The lowest BCUT2D eigenvalue weighted by molar-refractivity contribution is -0.169. The highest BCUT2D eigenvalue weighted by Crippen LogP contribution is 2.32. The Morgan fingerprint density at radius 1 is 0.548 bits per heavy atom. The summed E-state index contributed by atoms with van der Waals surface area (Å²) in [5, 5.41) is 0. The zero-order chi connectivity index (χ0) is 29.5. The Morgan fingerprint density at radius 2 is 0.929 bits per heavy atom. The van der Waals surface area contributed by atoms with Gasteiger partial charge in [-0.1, -0.05) is 72.8 Å². The van der Waals surface area contributed by atoms with Gasteiger partial charge in [0.1, 0.15) is 0 Å². The third-order valence-electron chi connectivity index (χ3n) is 6.53. The summed E-state index contributed by atoms with van der Waals surface area (Å²) < 4.78 is 50.6. The third kappa shape index (κ3) is 6.40. The maximum atomic E-state index is 13.8. The second-order valence-corrected chi connectivity index (χ2v) is 11.4. The quantitative estimate of drug-likeness (QED) is 0.217. The average Bonchev–Trinajstić information content (AvgIpc) is 3.04. The van der Waals surface area contributed by atoms with Crippen molar-refractivity contribution in [2.24, 2.45) is 0 Å². The van der Waals surface area contributed by atoms with Crippen LogP contribution in [0.5, 0.6) is 0 Å². The number of sulfone groups is 1. The molecule has 42 heavy (non-hydrogen) atoms. The summed E-state index contributed by atoms with van der Waals surface area (Å²) in [6, 6.07) is 31.5. The normalized spacial score (nSPS) is 20.2. The second kappa shape index (κ2) is 12.8. The molecular weight excluding hydrogens is 560 g/mol. The smallest absolute Gasteiger partial charge is 0.338 e. The Hall–Kier alpha value is -4.80. The standard InChI is InChI=1S/C32H26O9S/c33-29(22-13-5-1-6-14-22)39-26-21-38-32(42(36,37)25-19-11-4-12-20-25)28(41-31(35)24-17-9-3-10-18-24)27(26)40-30(34)23-15-7-2-8-16-23/h1-20,26-28,32H,21H2/t26-,27+,28-,32-/m1/s1. The zero-order valence-corrected chi connectivity index (χ0v) is 23.0. The first-order chi connectivity index (χ1) is 20.3. The van der Waals surface area contributed by atoms with Crippen LogP contribution < -0.4 is 0 Å². The summed E-state index contributed by atoms with van der Waals surface area (Å²) in [5.74, 6) is -2.48.